The monoisotopic (exact) mass is 519 g/mol. The minimum absolute atomic E-state index is 0.0796. The molecule has 198 valence electrons. The molecule has 0 radical (unpaired) electrons. The van der Waals surface area contributed by atoms with Gasteiger partial charge in [-0.1, -0.05) is 0 Å². The highest BCUT2D eigenvalue weighted by atomic mass is 32.2. The lowest BCUT2D eigenvalue weighted by Crippen LogP contribution is -2.57. The maximum absolute atomic E-state index is 12.9. The number of thioether (sulfide) groups is 1. The molecule has 16 heteroatoms. The maximum atomic E-state index is 12.9. The van der Waals surface area contributed by atoms with Gasteiger partial charge in [0.15, 0.2) is 0 Å². The average molecular weight is 520 g/mol. The van der Waals surface area contributed by atoms with E-state index >= 15 is 0 Å². The van der Waals surface area contributed by atoms with Crippen molar-refractivity contribution in [3.8, 4) is 0 Å². The number of carboxylic acids is 1. The van der Waals surface area contributed by atoms with Crippen LogP contribution in [-0.2, 0) is 33.6 Å². The Morgan fingerprint density at radius 3 is 1.63 bits per heavy atom. The van der Waals surface area contributed by atoms with E-state index in [4.69, 9.17) is 22.9 Å². The minimum atomic E-state index is -1.61. The van der Waals surface area contributed by atoms with E-state index in [1.807, 2.05) is 0 Å². The van der Waals surface area contributed by atoms with Gasteiger partial charge in [-0.15, -0.1) is 0 Å². The van der Waals surface area contributed by atoms with Gasteiger partial charge >= 0.3 is 5.97 Å². The van der Waals surface area contributed by atoms with E-state index in [1.165, 1.54) is 11.8 Å². The van der Waals surface area contributed by atoms with Crippen LogP contribution < -0.4 is 38.9 Å². The van der Waals surface area contributed by atoms with Gasteiger partial charge in [0, 0.05) is 12.8 Å². The van der Waals surface area contributed by atoms with E-state index < -0.39 is 72.0 Å². The molecule has 0 rings (SSSR count). The molecule has 0 aliphatic carbocycles. The molecule has 0 aromatic heterocycles. The van der Waals surface area contributed by atoms with Crippen LogP contribution in [0.5, 0.6) is 0 Å². The highest BCUT2D eigenvalue weighted by Crippen LogP contribution is 2.06. The molecule has 0 bridgehead atoms. The van der Waals surface area contributed by atoms with Gasteiger partial charge in [-0.3, -0.25) is 28.8 Å². The zero-order valence-electron chi connectivity index (χ0n) is 19.3. The molecule has 35 heavy (non-hydrogen) atoms. The van der Waals surface area contributed by atoms with Crippen LogP contribution in [0.3, 0.4) is 0 Å². The number of hydrogen-bond acceptors (Lipinski definition) is 9. The lowest BCUT2D eigenvalue weighted by Gasteiger charge is -2.25. The molecule has 0 aliphatic heterocycles. The minimum Gasteiger partial charge on any atom is -0.480 e. The Morgan fingerprint density at radius 2 is 1.17 bits per heavy atom. The van der Waals surface area contributed by atoms with Crippen molar-refractivity contribution in [2.75, 3.05) is 12.0 Å². The first-order valence-electron chi connectivity index (χ1n) is 10.5. The molecule has 0 saturated heterocycles. The Kier molecular flexibility index (Phi) is 14.7. The second-order valence-electron chi connectivity index (χ2n) is 7.59. The van der Waals surface area contributed by atoms with Crippen LogP contribution in [0.4, 0.5) is 0 Å². The zero-order chi connectivity index (χ0) is 27.1. The fourth-order valence-corrected chi connectivity index (χ4v) is 3.18. The van der Waals surface area contributed by atoms with Crippen molar-refractivity contribution < 1.29 is 38.7 Å². The summed E-state index contributed by atoms with van der Waals surface area (Å²) >= 11 is 1.35. The van der Waals surface area contributed by atoms with Gasteiger partial charge in [-0.25, -0.2) is 4.79 Å². The summed E-state index contributed by atoms with van der Waals surface area (Å²) in [4.78, 5) is 82.4. The molecular formula is C19H33N7O8S. The van der Waals surface area contributed by atoms with Gasteiger partial charge in [-0.2, -0.15) is 11.8 Å². The largest absolute Gasteiger partial charge is 0.480 e. The molecule has 12 N–H and O–H groups in total. The molecule has 15 nitrogen and oxygen atoms in total. The molecule has 0 spiro atoms. The van der Waals surface area contributed by atoms with Gasteiger partial charge in [0.1, 0.15) is 18.1 Å². The van der Waals surface area contributed by atoms with Crippen molar-refractivity contribution in [3.63, 3.8) is 0 Å². The third kappa shape index (κ3) is 13.8. The molecule has 6 amide bonds. The first kappa shape index (κ1) is 31.6. The van der Waals surface area contributed by atoms with E-state index in [0.717, 1.165) is 0 Å². The Morgan fingerprint density at radius 1 is 0.714 bits per heavy atom. The van der Waals surface area contributed by atoms with Gasteiger partial charge in [0.2, 0.25) is 35.4 Å². The smallest absolute Gasteiger partial charge is 0.326 e. The number of carboxylic acid groups (broad SMARTS) is 1. The van der Waals surface area contributed by atoms with Crippen molar-refractivity contribution >= 4 is 53.2 Å². The molecule has 0 fully saturated rings. The van der Waals surface area contributed by atoms with E-state index in [0.29, 0.717) is 5.75 Å². The summed E-state index contributed by atoms with van der Waals surface area (Å²) < 4.78 is 0. The highest BCUT2D eigenvalue weighted by Gasteiger charge is 2.31. The van der Waals surface area contributed by atoms with Crippen LogP contribution in [0.1, 0.15) is 38.5 Å². The number of nitrogens with two attached hydrogens (primary N) is 4. The maximum Gasteiger partial charge on any atom is 0.326 e. The molecule has 4 atom stereocenters. The number of rotatable bonds is 18. The summed E-state index contributed by atoms with van der Waals surface area (Å²) in [7, 11) is 0. The number of amides is 6. The Bertz CT molecular complexity index is 810. The molecule has 4 unspecified atom stereocenters. The summed E-state index contributed by atoms with van der Waals surface area (Å²) in [5.74, 6) is -6.02. The standard InChI is InChI=1S/C19H33N7O8S/c1-35-7-6-11(18(32)26-12(19(33)34)8-15(23)29)25-17(31)10(3-5-14(22)28)24-16(30)9(20)2-4-13(21)27/h9-12H,2-8,20H2,1H3,(H2,21,27)(H2,22,28)(H2,23,29)(H,24,30)(H,25,31)(H,26,32)(H,33,34). The van der Waals surface area contributed by atoms with Crippen LogP contribution in [0, 0.1) is 0 Å². The number of carbonyl (C=O) groups excluding carboxylic acids is 6. The Hall–Kier alpha value is -3.40. The number of hydrogen-bond donors (Lipinski definition) is 8. The second kappa shape index (κ2) is 16.3. The van der Waals surface area contributed by atoms with Crippen LogP contribution in [0.15, 0.2) is 0 Å². The predicted octanol–water partition coefficient (Wildman–Crippen LogP) is -3.99. The van der Waals surface area contributed by atoms with Gasteiger partial charge in [-0.05, 0) is 31.3 Å². The lowest BCUT2D eigenvalue weighted by molar-refractivity contribution is -0.143. The van der Waals surface area contributed by atoms with Crippen molar-refractivity contribution in [2.45, 2.75) is 62.7 Å². The Labute approximate surface area is 205 Å². The molecule has 0 aromatic rings. The van der Waals surface area contributed by atoms with E-state index in [9.17, 15) is 38.7 Å². The summed E-state index contributed by atoms with van der Waals surface area (Å²) in [5.41, 5.74) is 20.9. The van der Waals surface area contributed by atoms with Crippen LogP contribution in [-0.4, -0.2) is 82.7 Å². The van der Waals surface area contributed by atoms with Gasteiger partial charge < -0.3 is 44.0 Å². The van der Waals surface area contributed by atoms with Crippen LogP contribution in [0.25, 0.3) is 0 Å². The fraction of sp³-hybridized carbons (Fsp3) is 0.632. The van der Waals surface area contributed by atoms with Crippen molar-refractivity contribution in [3.05, 3.63) is 0 Å². The van der Waals surface area contributed by atoms with E-state index in [-0.39, 0.29) is 32.1 Å². The van der Waals surface area contributed by atoms with Crippen LogP contribution >= 0.6 is 11.8 Å². The number of nitrogens with one attached hydrogen (secondary N) is 3. The highest BCUT2D eigenvalue weighted by molar-refractivity contribution is 7.98. The van der Waals surface area contributed by atoms with Gasteiger partial charge in [0.25, 0.3) is 0 Å². The van der Waals surface area contributed by atoms with E-state index in [1.54, 1.807) is 6.26 Å². The van der Waals surface area contributed by atoms with Crippen molar-refractivity contribution in [1.29, 1.82) is 0 Å². The first-order valence-corrected chi connectivity index (χ1v) is 11.9. The summed E-state index contributed by atoms with van der Waals surface area (Å²) in [6.07, 6.45) is 0.413. The topological polar surface area (TPSA) is 280 Å². The van der Waals surface area contributed by atoms with E-state index in [2.05, 4.69) is 16.0 Å². The van der Waals surface area contributed by atoms with Crippen molar-refractivity contribution in [2.24, 2.45) is 22.9 Å². The Balaban J connectivity index is 5.53. The third-order valence-electron chi connectivity index (χ3n) is 4.61. The zero-order valence-corrected chi connectivity index (χ0v) is 20.1. The lowest BCUT2D eigenvalue weighted by atomic mass is 10.1. The summed E-state index contributed by atoms with van der Waals surface area (Å²) in [6, 6.07) is -5.34. The molecule has 0 saturated carbocycles. The average Bonchev–Trinajstić information content (AvgIpc) is 2.76. The predicted molar refractivity (Wildman–Crippen MR) is 125 cm³/mol. The normalized spacial score (nSPS) is 14.0. The number of carbonyl (C=O) groups is 7. The molecule has 0 heterocycles. The molecule has 0 aliphatic rings. The summed E-state index contributed by atoms with van der Waals surface area (Å²) in [6.45, 7) is 0. The quantitative estimate of drug-likeness (QED) is 0.0868. The number of aliphatic carboxylic acids is 1. The third-order valence-corrected chi connectivity index (χ3v) is 5.26. The van der Waals surface area contributed by atoms with Crippen LogP contribution in [0.2, 0.25) is 0 Å². The van der Waals surface area contributed by atoms with Gasteiger partial charge in [0.05, 0.1) is 12.5 Å². The molecule has 0 aromatic carbocycles. The fourth-order valence-electron chi connectivity index (χ4n) is 2.71. The first-order chi connectivity index (χ1) is 16.3. The SMILES string of the molecule is CSCCC(NC(=O)C(CCC(N)=O)NC(=O)C(N)CCC(N)=O)C(=O)NC(CC(N)=O)C(=O)O. The van der Waals surface area contributed by atoms with Crippen molar-refractivity contribution in [1.82, 2.24) is 16.0 Å². The number of primary amides is 3. The summed E-state index contributed by atoms with van der Waals surface area (Å²) in [5, 5.41) is 16.1. The second-order valence-corrected chi connectivity index (χ2v) is 8.58. The molecular weight excluding hydrogens is 486 g/mol.